The molecule has 9 nitrogen and oxygen atoms in total. The number of rotatable bonds is 15. The van der Waals surface area contributed by atoms with E-state index >= 15 is 0 Å². The standard InChI is InChI=1S/C30H38N2O7/c1-5-9-10-11-17-39-24-14-12-21(19-26(24)36-7-3)18-23-28(33)31-30(35)32(29(23)34)22-13-15-25(38-16-6-2)27(20-22)37-8-4/h12-15,18-20H,5-11,16-17H2,1-4H3,(H,31,33,35)/b23-18+. The van der Waals surface area contributed by atoms with Crippen molar-refractivity contribution in [3.8, 4) is 23.0 Å². The summed E-state index contributed by atoms with van der Waals surface area (Å²) in [5, 5.41) is 2.26. The Morgan fingerprint density at radius 1 is 0.718 bits per heavy atom. The number of nitrogens with zero attached hydrogens (tertiary/aromatic N) is 1. The van der Waals surface area contributed by atoms with Crippen LogP contribution in [0.3, 0.4) is 0 Å². The van der Waals surface area contributed by atoms with Gasteiger partial charge in [0.25, 0.3) is 11.8 Å². The van der Waals surface area contributed by atoms with Crippen LogP contribution in [0.1, 0.15) is 65.4 Å². The van der Waals surface area contributed by atoms with Crippen molar-refractivity contribution in [3.63, 3.8) is 0 Å². The van der Waals surface area contributed by atoms with Gasteiger partial charge < -0.3 is 18.9 Å². The van der Waals surface area contributed by atoms with E-state index in [1.54, 1.807) is 36.4 Å². The van der Waals surface area contributed by atoms with Crippen LogP contribution in [0.4, 0.5) is 10.5 Å². The largest absolute Gasteiger partial charge is 0.490 e. The molecule has 4 amide bonds. The summed E-state index contributed by atoms with van der Waals surface area (Å²) >= 11 is 0. The third-order valence-electron chi connectivity index (χ3n) is 5.88. The summed E-state index contributed by atoms with van der Waals surface area (Å²) in [6, 6.07) is 9.16. The molecular formula is C30H38N2O7. The second-order valence-electron chi connectivity index (χ2n) is 8.92. The molecule has 1 aliphatic heterocycles. The molecule has 0 unspecified atom stereocenters. The molecule has 0 radical (unpaired) electrons. The van der Waals surface area contributed by atoms with Crippen molar-refractivity contribution in [1.82, 2.24) is 5.32 Å². The molecule has 2 aromatic rings. The summed E-state index contributed by atoms with van der Waals surface area (Å²) in [7, 11) is 0. The van der Waals surface area contributed by atoms with Gasteiger partial charge in [0, 0.05) is 6.07 Å². The van der Waals surface area contributed by atoms with Gasteiger partial charge in [-0.05, 0) is 62.6 Å². The number of imide groups is 2. The second kappa shape index (κ2) is 14.8. The lowest BCUT2D eigenvalue weighted by Crippen LogP contribution is -2.54. The highest BCUT2D eigenvalue weighted by Gasteiger charge is 2.37. The molecule has 1 heterocycles. The predicted octanol–water partition coefficient (Wildman–Crippen LogP) is 5.90. The Hall–Kier alpha value is -4.01. The van der Waals surface area contributed by atoms with Crippen molar-refractivity contribution < 1.29 is 33.3 Å². The van der Waals surface area contributed by atoms with Gasteiger partial charge >= 0.3 is 6.03 Å². The fraction of sp³-hybridized carbons (Fsp3) is 0.433. The number of ether oxygens (including phenoxy) is 4. The van der Waals surface area contributed by atoms with Crippen LogP contribution >= 0.6 is 0 Å². The van der Waals surface area contributed by atoms with Crippen LogP contribution in [0.5, 0.6) is 23.0 Å². The van der Waals surface area contributed by atoms with Crippen LogP contribution in [-0.2, 0) is 9.59 Å². The van der Waals surface area contributed by atoms with Gasteiger partial charge in [-0.2, -0.15) is 0 Å². The van der Waals surface area contributed by atoms with Gasteiger partial charge in [-0.3, -0.25) is 14.9 Å². The van der Waals surface area contributed by atoms with E-state index in [1.165, 1.54) is 6.08 Å². The lowest BCUT2D eigenvalue weighted by Gasteiger charge is -2.27. The van der Waals surface area contributed by atoms with Crippen LogP contribution in [0, 0.1) is 0 Å². The number of nitrogens with one attached hydrogen (secondary N) is 1. The fourth-order valence-corrected chi connectivity index (χ4v) is 4.01. The minimum atomic E-state index is -0.839. The van der Waals surface area contributed by atoms with Crippen LogP contribution in [0.15, 0.2) is 42.0 Å². The Bertz CT molecular complexity index is 1190. The van der Waals surface area contributed by atoms with E-state index < -0.39 is 17.8 Å². The topological polar surface area (TPSA) is 103 Å². The van der Waals surface area contributed by atoms with E-state index in [2.05, 4.69) is 12.2 Å². The monoisotopic (exact) mass is 538 g/mol. The molecule has 0 bridgehead atoms. The number of carbonyl (C=O) groups is 3. The number of hydrogen-bond acceptors (Lipinski definition) is 7. The molecule has 1 aliphatic rings. The Kier molecular flexibility index (Phi) is 11.2. The van der Waals surface area contributed by atoms with Crippen LogP contribution in [-0.4, -0.2) is 44.3 Å². The number of unbranched alkanes of at least 4 members (excludes halogenated alkanes) is 3. The molecule has 1 fully saturated rings. The molecule has 9 heteroatoms. The summed E-state index contributed by atoms with van der Waals surface area (Å²) in [5.74, 6) is 0.503. The van der Waals surface area contributed by atoms with Crippen LogP contribution in [0.25, 0.3) is 6.08 Å². The van der Waals surface area contributed by atoms with Crippen molar-refractivity contribution in [2.75, 3.05) is 31.3 Å². The molecule has 0 aromatic heterocycles. The zero-order chi connectivity index (χ0) is 28.2. The van der Waals surface area contributed by atoms with Gasteiger partial charge in [-0.1, -0.05) is 39.2 Å². The maximum atomic E-state index is 13.4. The van der Waals surface area contributed by atoms with Crippen molar-refractivity contribution >= 4 is 29.6 Å². The zero-order valence-corrected chi connectivity index (χ0v) is 23.2. The second-order valence-corrected chi connectivity index (χ2v) is 8.92. The summed E-state index contributed by atoms with van der Waals surface area (Å²) in [6.07, 6.45) is 6.60. The number of benzene rings is 2. The Balaban J connectivity index is 1.88. The maximum Gasteiger partial charge on any atom is 0.335 e. The first-order chi connectivity index (χ1) is 18.9. The first kappa shape index (κ1) is 29.5. The summed E-state index contributed by atoms with van der Waals surface area (Å²) in [5.41, 5.74) is 0.627. The lowest BCUT2D eigenvalue weighted by atomic mass is 10.1. The van der Waals surface area contributed by atoms with Crippen molar-refractivity contribution in [2.45, 2.75) is 59.8 Å². The van der Waals surface area contributed by atoms with E-state index in [0.29, 0.717) is 55.0 Å². The average Bonchev–Trinajstić information content (AvgIpc) is 2.91. The number of carbonyl (C=O) groups excluding carboxylic acids is 3. The minimum Gasteiger partial charge on any atom is -0.490 e. The van der Waals surface area contributed by atoms with Crippen molar-refractivity contribution in [2.24, 2.45) is 0 Å². The molecule has 210 valence electrons. The quantitative estimate of drug-likeness (QED) is 0.171. The van der Waals surface area contributed by atoms with E-state index in [-0.39, 0.29) is 11.3 Å². The molecule has 39 heavy (non-hydrogen) atoms. The smallest absolute Gasteiger partial charge is 0.335 e. The van der Waals surface area contributed by atoms with Crippen LogP contribution < -0.4 is 29.2 Å². The fourth-order valence-electron chi connectivity index (χ4n) is 4.01. The Morgan fingerprint density at radius 3 is 2.05 bits per heavy atom. The molecule has 2 aromatic carbocycles. The summed E-state index contributed by atoms with van der Waals surface area (Å²) < 4.78 is 23.1. The number of urea groups is 1. The molecule has 1 N–H and O–H groups in total. The maximum absolute atomic E-state index is 13.4. The molecule has 0 atom stereocenters. The number of anilines is 1. The molecule has 0 saturated carbocycles. The number of amides is 4. The average molecular weight is 539 g/mol. The van der Waals surface area contributed by atoms with Crippen LogP contribution in [0.2, 0.25) is 0 Å². The molecule has 0 spiro atoms. The number of barbiturate groups is 1. The molecule has 1 saturated heterocycles. The third kappa shape index (κ3) is 7.75. The van der Waals surface area contributed by atoms with E-state index in [9.17, 15) is 14.4 Å². The number of hydrogen-bond donors (Lipinski definition) is 1. The summed E-state index contributed by atoms with van der Waals surface area (Å²) in [6.45, 7) is 9.71. The van der Waals surface area contributed by atoms with Gasteiger partial charge in [-0.15, -0.1) is 0 Å². The first-order valence-corrected chi connectivity index (χ1v) is 13.6. The van der Waals surface area contributed by atoms with Gasteiger partial charge in [-0.25, -0.2) is 9.69 Å². The van der Waals surface area contributed by atoms with Gasteiger partial charge in [0.15, 0.2) is 23.0 Å². The third-order valence-corrected chi connectivity index (χ3v) is 5.88. The molecule has 0 aliphatic carbocycles. The first-order valence-electron chi connectivity index (χ1n) is 13.6. The Labute approximate surface area is 230 Å². The van der Waals surface area contributed by atoms with E-state index in [1.807, 2.05) is 20.8 Å². The zero-order valence-electron chi connectivity index (χ0n) is 23.2. The highest BCUT2D eigenvalue weighted by Crippen LogP contribution is 2.34. The highest BCUT2D eigenvalue weighted by molar-refractivity contribution is 6.39. The van der Waals surface area contributed by atoms with E-state index in [4.69, 9.17) is 18.9 Å². The van der Waals surface area contributed by atoms with Gasteiger partial charge in [0.2, 0.25) is 0 Å². The van der Waals surface area contributed by atoms with E-state index in [0.717, 1.165) is 37.0 Å². The molecular weight excluding hydrogens is 500 g/mol. The van der Waals surface area contributed by atoms with Gasteiger partial charge in [0.1, 0.15) is 5.57 Å². The predicted molar refractivity (Wildman–Crippen MR) is 150 cm³/mol. The van der Waals surface area contributed by atoms with Crippen molar-refractivity contribution in [3.05, 3.63) is 47.5 Å². The SMILES string of the molecule is CCCCCCOc1ccc(/C=C2\C(=O)NC(=O)N(c3ccc(OCCC)c(OCC)c3)C2=O)cc1OCC. The molecule has 3 rings (SSSR count). The normalized spacial score (nSPS) is 14.4. The Morgan fingerprint density at radius 2 is 1.38 bits per heavy atom. The highest BCUT2D eigenvalue weighted by atomic mass is 16.5. The van der Waals surface area contributed by atoms with Crippen molar-refractivity contribution in [1.29, 1.82) is 0 Å². The minimum absolute atomic E-state index is 0.186. The summed E-state index contributed by atoms with van der Waals surface area (Å²) in [4.78, 5) is 39.8. The van der Waals surface area contributed by atoms with Gasteiger partial charge in [0.05, 0.1) is 32.1 Å². The lowest BCUT2D eigenvalue weighted by molar-refractivity contribution is -0.122.